The maximum absolute atomic E-state index is 12.4. The number of hydrogen-bond donors (Lipinski definition) is 0. The smallest absolute Gasteiger partial charge is 0.276 e. The Morgan fingerprint density at radius 1 is 1.12 bits per heavy atom. The maximum Gasteiger partial charge on any atom is 0.276 e. The van der Waals surface area contributed by atoms with Crippen molar-refractivity contribution in [1.82, 2.24) is 15.0 Å². The average molecular weight is 333 g/mol. The van der Waals surface area contributed by atoms with Crippen LogP contribution in [-0.4, -0.2) is 52.9 Å². The third-order valence-electron chi connectivity index (χ3n) is 5.26. The van der Waals surface area contributed by atoms with E-state index in [1.807, 2.05) is 4.90 Å². The van der Waals surface area contributed by atoms with E-state index in [1.54, 1.807) is 17.9 Å². The first-order valence-corrected chi connectivity index (χ1v) is 9.14. The highest BCUT2D eigenvalue weighted by Gasteiger charge is 2.26. The number of aromatic nitrogens is 1. The molecule has 6 heteroatoms. The molecule has 2 fully saturated rings. The number of carbonyl (C=O) groups is 2. The molecule has 1 aromatic heterocycles. The molecule has 6 nitrogen and oxygen atoms in total. The first-order chi connectivity index (χ1) is 11.6. The third-order valence-corrected chi connectivity index (χ3v) is 5.26. The lowest BCUT2D eigenvalue weighted by Crippen LogP contribution is -2.50. The minimum atomic E-state index is -0.110. The molecule has 1 aromatic rings. The zero-order valence-corrected chi connectivity index (χ0v) is 14.5. The van der Waals surface area contributed by atoms with Gasteiger partial charge in [-0.25, -0.2) is 0 Å². The first kappa shape index (κ1) is 17.0. The Morgan fingerprint density at radius 3 is 2.42 bits per heavy atom. The fourth-order valence-corrected chi connectivity index (χ4v) is 3.75. The van der Waals surface area contributed by atoms with Gasteiger partial charge in [-0.3, -0.25) is 9.59 Å². The number of amides is 2. The monoisotopic (exact) mass is 333 g/mol. The lowest BCUT2D eigenvalue weighted by molar-refractivity contribution is -0.133. The van der Waals surface area contributed by atoms with Crippen LogP contribution in [0.1, 0.15) is 61.2 Å². The fraction of sp³-hybridized carbons (Fsp3) is 0.722. The van der Waals surface area contributed by atoms with Crippen molar-refractivity contribution < 1.29 is 14.1 Å². The summed E-state index contributed by atoms with van der Waals surface area (Å²) in [4.78, 5) is 28.4. The molecule has 0 N–H and O–H groups in total. The van der Waals surface area contributed by atoms with Gasteiger partial charge in [0.05, 0.1) is 0 Å². The predicted octanol–water partition coefficient (Wildman–Crippen LogP) is 2.63. The highest BCUT2D eigenvalue weighted by molar-refractivity contribution is 5.92. The molecule has 1 saturated carbocycles. The molecule has 1 saturated heterocycles. The van der Waals surface area contributed by atoms with E-state index in [2.05, 4.69) is 5.16 Å². The average Bonchev–Trinajstić information content (AvgIpc) is 3.06. The van der Waals surface area contributed by atoms with Crippen LogP contribution in [0.4, 0.5) is 0 Å². The van der Waals surface area contributed by atoms with Gasteiger partial charge < -0.3 is 14.3 Å². The van der Waals surface area contributed by atoms with Gasteiger partial charge in [-0.15, -0.1) is 0 Å². The molecule has 2 amide bonds. The fourth-order valence-electron chi connectivity index (χ4n) is 3.75. The molecular weight excluding hydrogens is 306 g/mol. The number of carbonyl (C=O) groups excluding carboxylic acids is 2. The summed E-state index contributed by atoms with van der Waals surface area (Å²) < 4.78 is 4.96. The maximum atomic E-state index is 12.4. The van der Waals surface area contributed by atoms with Crippen LogP contribution in [-0.2, 0) is 4.79 Å². The van der Waals surface area contributed by atoms with Crippen LogP contribution in [0, 0.1) is 12.8 Å². The molecular formula is C18H27N3O3. The van der Waals surface area contributed by atoms with E-state index in [-0.39, 0.29) is 11.8 Å². The second-order valence-electron chi connectivity index (χ2n) is 7.04. The van der Waals surface area contributed by atoms with E-state index in [9.17, 15) is 9.59 Å². The van der Waals surface area contributed by atoms with Gasteiger partial charge in [-0.05, 0) is 19.3 Å². The summed E-state index contributed by atoms with van der Waals surface area (Å²) in [6.07, 6.45) is 8.24. The van der Waals surface area contributed by atoms with Crippen LogP contribution in [0.5, 0.6) is 0 Å². The molecule has 1 aliphatic heterocycles. The Kier molecular flexibility index (Phi) is 5.53. The third kappa shape index (κ3) is 4.16. The molecule has 0 radical (unpaired) electrons. The highest BCUT2D eigenvalue weighted by atomic mass is 16.5. The Hall–Kier alpha value is -1.85. The van der Waals surface area contributed by atoms with Crippen LogP contribution >= 0.6 is 0 Å². The summed E-state index contributed by atoms with van der Waals surface area (Å²) in [7, 11) is 0. The molecule has 0 atom stereocenters. The highest BCUT2D eigenvalue weighted by Crippen LogP contribution is 2.27. The lowest BCUT2D eigenvalue weighted by Gasteiger charge is -2.34. The van der Waals surface area contributed by atoms with E-state index >= 15 is 0 Å². The Bertz CT molecular complexity index is 570. The van der Waals surface area contributed by atoms with E-state index in [0.717, 1.165) is 12.3 Å². The molecule has 0 aromatic carbocycles. The van der Waals surface area contributed by atoms with Gasteiger partial charge in [0.15, 0.2) is 5.69 Å². The standard InChI is InChI=1S/C18H27N3O3/c1-14-13-16(19-24-14)18(23)21-11-9-20(10-12-21)17(22)8-7-15-5-3-2-4-6-15/h13,15H,2-12H2,1H3. The van der Waals surface area contributed by atoms with Gasteiger partial charge in [0.1, 0.15) is 5.76 Å². The second-order valence-corrected chi connectivity index (χ2v) is 7.04. The van der Waals surface area contributed by atoms with Crippen molar-refractivity contribution in [2.45, 2.75) is 51.9 Å². The first-order valence-electron chi connectivity index (χ1n) is 9.14. The van der Waals surface area contributed by atoms with E-state index in [4.69, 9.17) is 4.52 Å². The van der Waals surface area contributed by atoms with Crippen LogP contribution < -0.4 is 0 Å². The minimum Gasteiger partial charge on any atom is -0.361 e. The summed E-state index contributed by atoms with van der Waals surface area (Å²) >= 11 is 0. The van der Waals surface area contributed by atoms with E-state index in [1.165, 1.54) is 32.1 Å². The molecule has 24 heavy (non-hydrogen) atoms. The molecule has 2 aliphatic rings. The number of aryl methyl sites for hydroxylation is 1. The summed E-state index contributed by atoms with van der Waals surface area (Å²) in [6.45, 7) is 4.14. The van der Waals surface area contributed by atoms with E-state index in [0.29, 0.717) is 44.1 Å². The Morgan fingerprint density at radius 2 is 1.79 bits per heavy atom. The summed E-state index contributed by atoms with van der Waals surface area (Å²) in [6, 6.07) is 1.66. The van der Waals surface area contributed by atoms with Crippen molar-refractivity contribution in [2.75, 3.05) is 26.2 Å². The molecule has 0 bridgehead atoms. The molecule has 3 rings (SSSR count). The summed E-state index contributed by atoms with van der Waals surface area (Å²) in [5.41, 5.74) is 0.351. The molecule has 2 heterocycles. The van der Waals surface area contributed by atoms with Gasteiger partial charge in [0.2, 0.25) is 5.91 Å². The molecule has 1 aliphatic carbocycles. The number of rotatable bonds is 4. The number of nitrogens with zero attached hydrogens (tertiary/aromatic N) is 3. The van der Waals surface area contributed by atoms with Crippen LogP contribution in [0.3, 0.4) is 0 Å². The SMILES string of the molecule is Cc1cc(C(=O)N2CCN(C(=O)CCC3CCCCC3)CC2)no1. The molecule has 132 valence electrons. The van der Waals surface area contributed by atoms with Crippen molar-refractivity contribution in [1.29, 1.82) is 0 Å². The zero-order valence-electron chi connectivity index (χ0n) is 14.5. The quantitative estimate of drug-likeness (QED) is 0.849. The van der Waals surface area contributed by atoms with Crippen LogP contribution in [0.2, 0.25) is 0 Å². The van der Waals surface area contributed by atoms with Gasteiger partial charge in [-0.2, -0.15) is 0 Å². The minimum absolute atomic E-state index is 0.110. The molecule has 0 unspecified atom stereocenters. The van der Waals surface area contributed by atoms with E-state index < -0.39 is 0 Å². The van der Waals surface area contributed by atoms with Crippen molar-refractivity contribution in [3.05, 3.63) is 17.5 Å². The Labute approximate surface area is 143 Å². The van der Waals surface area contributed by atoms with Crippen LogP contribution in [0.15, 0.2) is 10.6 Å². The zero-order chi connectivity index (χ0) is 16.9. The number of hydrogen-bond acceptors (Lipinski definition) is 4. The summed E-state index contributed by atoms with van der Waals surface area (Å²) in [5.74, 6) is 1.50. The van der Waals surface area contributed by atoms with Gasteiger partial charge in [-0.1, -0.05) is 37.3 Å². The number of piperazine rings is 1. The topological polar surface area (TPSA) is 66.7 Å². The lowest BCUT2D eigenvalue weighted by atomic mass is 9.86. The normalized spacial score (nSPS) is 19.5. The van der Waals surface area contributed by atoms with Crippen molar-refractivity contribution in [3.8, 4) is 0 Å². The van der Waals surface area contributed by atoms with Gasteiger partial charge in [0.25, 0.3) is 5.91 Å². The molecule has 0 spiro atoms. The Balaban J connectivity index is 1.42. The van der Waals surface area contributed by atoms with Crippen molar-refractivity contribution in [3.63, 3.8) is 0 Å². The summed E-state index contributed by atoms with van der Waals surface area (Å²) in [5, 5.41) is 3.78. The van der Waals surface area contributed by atoms with Crippen LogP contribution in [0.25, 0.3) is 0 Å². The predicted molar refractivity (Wildman–Crippen MR) is 89.5 cm³/mol. The van der Waals surface area contributed by atoms with Gasteiger partial charge >= 0.3 is 0 Å². The second kappa shape index (κ2) is 7.81. The largest absolute Gasteiger partial charge is 0.361 e. The van der Waals surface area contributed by atoms with Gasteiger partial charge in [0, 0.05) is 38.7 Å². The van der Waals surface area contributed by atoms with Crippen molar-refractivity contribution in [2.24, 2.45) is 5.92 Å². The van der Waals surface area contributed by atoms with Crippen molar-refractivity contribution >= 4 is 11.8 Å².